The second-order valence-electron chi connectivity index (χ2n) is 4.07. The second kappa shape index (κ2) is 4.47. The summed E-state index contributed by atoms with van der Waals surface area (Å²) in [7, 11) is 0. The number of nitrogens with zero attached hydrogens (tertiary/aromatic N) is 4. The normalized spacial score (nSPS) is 16.4. The van der Waals surface area contributed by atoms with Gasteiger partial charge in [0, 0.05) is 32.1 Å². The van der Waals surface area contributed by atoms with Crippen molar-refractivity contribution in [3.05, 3.63) is 17.6 Å². The van der Waals surface area contributed by atoms with Gasteiger partial charge in [0.1, 0.15) is 5.82 Å². The number of piperidine rings is 1. The summed E-state index contributed by atoms with van der Waals surface area (Å²) in [6.07, 6.45) is 3.38. The van der Waals surface area contributed by atoms with Crippen molar-refractivity contribution in [3.63, 3.8) is 0 Å². The number of oxime groups is 1. The number of rotatable bonds is 1. The fourth-order valence-electron chi connectivity index (χ4n) is 1.90. The van der Waals surface area contributed by atoms with Gasteiger partial charge in [-0.05, 0) is 13.8 Å². The predicted octanol–water partition coefficient (Wildman–Crippen LogP) is 1.52. The van der Waals surface area contributed by atoms with E-state index in [1.165, 1.54) is 0 Å². The number of hydrogen-bond acceptors (Lipinski definition) is 5. The summed E-state index contributed by atoms with van der Waals surface area (Å²) in [5.41, 5.74) is 2.76. The van der Waals surface area contributed by atoms with E-state index in [0.717, 1.165) is 48.8 Å². The van der Waals surface area contributed by atoms with E-state index in [1.54, 1.807) is 6.20 Å². The molecule has 1 N–H and O–H groups in total. The number of aryl methyl sites for hydroxylation is 2. The minimum atomic E-state index is 0.797. The molecule has 0 aliphatic carbocycles. The maximum atomic E-state index is 8.69. The monoisotopic (exact) mass is 220 g/mol. The Balaban J connectivity index is 2.16. The summed E-state index contributed by atoms with van der Waals surface area (Å²) >= 11 is 0. The molecule has 0 spiro atoms. The van der Waals surface area contributed by atoms with Crippen molar-refractivity contribution >= 4 is 11.5 Å². The zero-order valence-corrected chi connectivity index (χ0v) is 9.64. The van der Waals surface area contributed by atoms with Crippen molar-refractivity contribution in [2.75, 3.05) is 18.0 Å². The van der Waals surface area contributed by atoms with Crippen molar-refractivity contribution in [2.45, 2.75) is 26.7 Å². The Bertz CT molecular complexity index is 406. The lowest BCUT2D eigenvalue weighted by Gasteiger charge is -2.29. The Labute approximate surface area is 94.8 Å². The highest BCUT2D eigenvalue weighted by Gasteiger charge is 2.18. The predicted molar refractivity (Wildman–Crippen MR) is 62.2 cm³/mol. The van der Waals surface area contributed by atoms with Crippen LogP contribution in [0.15, 0.2) is 11.4 Å². The van der Waals surface area contributed by atoms with Gasteiger partial charge in [-0.25, -0.2) is 4.98 Å². The van der Waals surface area contributed by atoms with Crippen LogP contribution in [0.4, 0.5) is 5.82 Å². The van der Waals surface area contributed by atoms with E-state index in [-0.39, 0.29) is 0 Å². The zero-order chi connectivity index (χ0) is 11.5. The summed E-state index contributed by atoms with van der Waals surface area (Å²) < 4.78 is 0. The first kappa shape index (κ1) is 10.9. The maximum Gasteiger partial charge on any atom is 0.150 e. The van der Waals surface area contributed by atoms with E-state index < -0.39 is 0 Å². The molecule has 2 heterocycles. The van der Waals surface area contributed by atoms with Gasteiger partial charge in [0.25, 0.3) is 0 Å². The first-order chi connectivity index (χ1) is 7.70. The third-order valence-electron chi connectivity index (χ3n) is 2.83. The first-order valence-electron chi connectivity index (χ1n) is 5.45. The highest BCUT2D eigenvalue weighted by Crippen LogP contribution is 2.19. The Hall–Kier alpha value is -1.65. The molecule has 1 aromatic heterocycles. The van der Waals surface area contributed by atoms with E-state index >= 15 is 0 Å². The fraction of sp³-hybridized carbons (Fsp3) is 0.545. The third-order valence-corrected chi connectivity index (χ3v) is 2.83. The Morgan fingerprint density at radius 3 is 2.62 bits per heavy atom. The molecule has 1 aliphatic rings. The lowest BCUT2D eigenvalue weighted by Crippen LogP contribution is -2.35. The largest absolute Gasteiger partial charge is 0.411 e. The molecule has 0 saturated carbocycles. The molecule has 5 heteroatoms. The summed E-state index contributed by atoms with van der Waals surface area (Å²) in [5.74, 6) is 0.956. The molecule has 86 valence electrons. The van der Waals surface area contributed by atoms with Gasteiger partial charge in [-0.2, -0.15) is 0 Å². The molecule has 0 amide bonds. The molecule has 0 atom stereocenters. The lowest BCUT2D eigenvalue weighted by molar-refractivity contribution is 0.315. The van der Waals surface area contributed by atoms with Crippen LogP contribution in [0.5, 0.6) is 0 Å². The minimum Gasteiger partial charge on any atom is -0.411 e. The first-order valence-corrected chi connectivity index (χ1v) is 5.45. The molecule has 1 aliphatic heterocycles. The van der Waals surface area contributed by atoms with Crippen molar-refractivity contribution < 1.29 is 5.21 Å². The molecule has 5 nitrogen and oxygen atoms in total. The molecule has 0 bridgehead atoms. The van der Waals surface area contributed by atoms with Gasteiger partial charge < -0.3 is 10.1 Å². The van der Waals surface area contributed by atoms with Crippen molar-refractivity contribution in [2.24, 2.45) is 5.16 Å². The molecule has 1 fully saturated rings. The second-order valence-corrected chi connectivity index (χ2v) is 4.07. The van der Waals surface area contributed by atoms with E-state index in [9.17, 15) is 0 Å². The Morgan fingerprint density at radius 2 is 2.00 bits per heavy atom. The van der Waals surface area contributed by atoms with E-state index in [1.807, 2.05) is 13.8 Å². The molecular weight excluding hydrogens is 204 g/mol. The highest BCUT2D eigenvalue weighted by atomic mass is 16.4. The van der Waals surface area contributed by atoms with Gasteiger partial charge in [-0.3, -0.25) is 4.98 Å². The van der Waals surface area contributed by atoms with Gasteiger partial charge >= 0.3 is 0 Å². The number of aromatic nitrogens is 2. The Morgan fingerprint density at radius 1 is 1.31 bits per heavy atom. The van der Waals surface area contributed by atoms with E-state index in [4.69, 9.17) is 5.21 Å². The Kier molecular flexibility index (Phi) is 3.03. The average Bonchev–Trinajstić information content (AvgIpc) is 2.32. The van der Waals surface area contributed by atoms with Crippen LogP contribution in [0.1, 0.15) is 24.2 Å². The molecule has 1 aromatic rings. The third kappa shape index (κ3) is 2.13. The van der Waals surface area contributed by atoms with Gasteiger partial charge in [-0.15, -0.1) is 0 Å². The number of hydrogen-bond donors (Lipinski definition) is 1. The van der Waals surface area contributed by atoms with Crippen LogP contribution >= 0.6 is 0 Å². The molecule has 1 saturated heterocycles. The summed E-state index contributed by atoms with van der Waals surface area (Å²) in [6.45, 7) is 5.61. The highest BCUT2D eigenvalue weighted by molar-refractivity contribution is 5.86. The minimum absolute atomic E-state index is 0.797. The smallest absolute Gasteiger partial charge is 0.150 e. The maximum absolute atomic E-state index is 8.69. The zero-order valence-electron chi connectivity index (χ0n) is 9.64. The van der Waals surface area contributed by atoms with Crippen molar-refractivity contribution in [1.29, 1.82) is 0 Å². The SMILES string of the molecule is Cc1cnc(C)c(N2CCC(=NO)CC2)n1. The van der Waals surface area contributed by atoms with Crippen LogP contribution in [-0.4, -0.2) is 34.0 Å². The quantitative estimate of drug-likeness (QED) is 0.576. The molecule has 2 rings (SSSR count). The van der Waals surface area contributed by atoms with Crippen LogP contribution in [0.3, 0.4) is 0 Å². The van der Waals surface area contributed by atoms with Crippen LogP contribution in [0.25, 0.3) is 0 Å². The molecule has 16 heavy (non-hydrogen) atoms. The van der Waals surface area contributed by atoms with Crippen LogP contribution < -0.4 is 4.90 Å². The van der Waals surface area contributed by atoms with Gasteiger partial charge in [-0.1, -0.05) is 5.16 Å². The van der Waals surface area contributed by atoms with E-state index in [0.29, 0.717) is 0 Å². The van der Waals surface area contributed by atoms with Crippen molar-refractivity contribution in [3.8, 4) is 0 Å². The molecule has 0 radical (unpaired) electrons. The van der Waals surface area contributed by atoms with Crippen molar-refractivity contribution in [1.82, 2.24) is 9.97 Å². The summed E-state index contributed by atoms with van der Waals surface area (Å²) in [6, 6.07) is 0. The van der Waals surface area contributed by atoms with Gasteiger partial charge in [0.15, 0.2) is 0 Å². The standard InChI is InChI=1S/C11H16N4O/c1-8-7-12-9(2)11(13-8)15-5-3-10(14-16)4-6-15/h7,16H,3-6H2,1-2H3. The lowest BCUT2D eigenvalue weighted by atomic mass is 10.1. The topological polar surface area (TPSA) is 61.6 Å². The molecule has 0 unspecified atom stereocenters. The molecule has 0 aromatic carbocycles. The van der Waals surface area contributed by atoms with Crippen LogP contribution in [0.2, 0.25) is 0 Å². The van der Waals surface area contributed by atoms with Crippen LogP contribution in [-0.2, 0) is 0 Å². The molecular formula is C11H16N4O. The summed E-state index contributed by atoms with van der Waals surface area (Å²) in [4.78, 5) is 11.0. The van der Waals surface area contributed by atoms with Gasteiger partial charge in [0.05, 0.1) is 17.1 Å². The summed E-state index contributed by atoms with van der Waals surface area (Å²) in [5, 5.41) is 12.0. The van der Waals surface area contributed by atoms with Crippen LogP contribution in [0, 0.1) is 13.8 Å². The average molecular weight is 220 g/mol. The van der Waals surface area contributed by atoms with Gasteiger partial charge in [0.2, 0.25) is 0 Å². The number of anilines is 1. The van der Waals surface area contributed by atoms with E-state index in [2.05, 4.69) is 20.0 Å². The fourth-order valence-corrected chi connectivity index (χ4v) is 1.90.